The zero-order valence-electron chi connectivity index (χ0n) is 20.6. The van der Waals surface area contributed by atoms with E-state index in [1.807, 2.05) is 103 Å². The third-order valence-electron chi connectivity index (χ3n) is 5.96. The number of rotatable bonds is 10. The summed E-state index contributed by atoms with van der Waals surface area (Å²) in [5.74, 6) is 0.00109. The Morgan fingerprint density at radius 1 is 0.703 bits per heavy atom. The number of ether oxygens (including phenoxy) is 1. The van der Waals surface area contributed by atoms with E-state index in [2.05, 4.69) is 22.5 Å². The molecule has 4 rings (SSSR count). The first-order valence-electron chi connectivity index (χ1n) is 11.9. The summed E-state index contributed by atoms with van der Waals surface area (Å²) >= 11 is 0. The van der Waals surface area contributed by atoms with Crippen molar-refractivity contribution in [2.75, 3.05) is 23.1 Å². The molecule has 37 heavy (non-hydrogen) atoms. The zero-order chi connectivity index (χ0) is 26.1. The van der Waals surface area contributed by atoms with Crippen LogP contribution in [0.1, 0.15) is 12.0 Å². The van der Waals surface area contributed by atoms with Crippen LogP contribution in [0.4, 0.5) is 17.1 Å². The van der Waals surface area contributed by atoms with E-state index in [4.69, 9.17) is 4.74 Å². The van der Waals surface area contributed by atoms with Crippen molar-refractivity contribution < 1.29 is 14.3 Å². The number of anilines is 3. The molecule has 186 valence electrons. The smallest absolute Gasteiger partial charge is 0.255 e. The highest BCUT2D eigenvalue weighted by Gasteiger charge is 2.42. The van der Waals surface area contributed by atoms with Crippen LogP contribution in [-0.2, 0) is 15.1 Å². The average Bonchev–Trinajstić information content (AvgIpc) is 2.94. The van der Waals surface area contributed by atoms with Gasteiger partial charge in [0.2, 0.25) is 0 Å². The normalized spacial score (nSPS) is 12.0. The van der Waals surface area contributed by atoms with Gasteiger partial charge in [-0.3, -0.25) is 9.59 Å². The fraction of sp³-hybridized carbons (Fsp3) is 0.0968. The highest BCUT2D eigenvalue weighted by molar-refractivity contribution is 6.06. The molecule has 6 heteroatoms. The van der Waals surface area contributed by atoms with Crippen molar-refractivity contribution in [3.63, 3.8) is 0 Å². The van der Waals surface area contributed by atoms with Crippen molar-refractivity contribution in [1.82, 2.24) is 0 Å². The summed E-state index contributed by atoms with van der Waals surface area (Å²) in [5.41, 5.74) is 1.56. The van der Waals surface area contributed by atoms with Crippen molar-refractivity contribution in [2.24, 2.45) is 0 Å². The predicted molar refractivity (Wildman–Crippen MR) is 149 cm³/mol. The summed E-state index contributed by atoms with van der Waals surface area (Å²) in [6.07, 6.45) is 0.0143. The van der Waals surface area contributed by atoms with Gasteiger partial charge in [0.05, 0.1) is 7.11 Å². The van der Waals surface area contributed by atoms with Crippen LogP contribution in [0.3, 0.4) is 0 Å². The molecule has 4 aromatic carbocycles. The number of hydrogen-bond acceptors (Lipinski definition) is 4. The number of amides is 2. The van der Waals surface area contributed by atoms with E-state index in [1.165, 1.54) is 0 Å². The summed E-state index contributed by atoms with van der Waals surface area (Å²) in [6, 6.07) is 35.0. The Bertz CT molecular complexity index is 1340. The van der Waals surface area contributed by atoms with Crippen LogP contribution in [0.2, 0.25) is 0 Å². The van der Waals surface area contributed by atoms with E-state index in [0.29, 0.717) is 28.4 Å². The van der Waals surface area contributed by atoms with Gasteiger partial charge >= 0.3 is 0 Å². The molecule has 0 unspecified atom stereocenters. The maximum absolute atomic E-state index is 14.1. The van der Waals surface area contributed by atoms with Gasteiger partial charge in [-0.25, -0.2) is 0 Å². The summed E-state index contributed by atoms with van der Waals surface area (Å²) in [6.45, 7) is 4.07. The highest BCUT2D eigenvalue weighted by Crippen LogP contribution is 2.35. The summed E-state index contributed by atoms with van der Waals surface area (Å²) in [7, 11) is 1.60. The van der Waals surface area contributed by atoms with E-state index in [9.17, 15) is 9.59 Å². The minimum Gasteiger partial charge on any atom is -0.497 e. The topological polar surface area (TPSA) is 79.5 Å². The first kappa shape index (κ1) is 25.3. The molecule has 0 aliphatic rings. The van der Waals surface area contributed by atoms with E-state index in [-0.39, 0.29) is 23.8 Å². The van der Waals surface area contributed by atoms with Gasteiger partial charge < -0.3 is 20.7 Å². The Labute approximate surface area is 217 Å². The van der Waals surface area contributed by atoms with Crippen molar-refractivity contribution in [3.8, 4) is 5.75 Å². The second-order valence-corrected chi connectivity index (χ2v) is 8.55. The Morgan fingerprint density at radius 2 is 1.22 bits per heavy atom. The molecule has 4 aromatic rings. The maximum atomic E-state index is 14.1. The molecule has 0 aliphatic carbocycles. The van der Waals surface area contributed by atoms with Gasteiger partial charge in [0.1, 0.15) is 11.3 Å². The molecule has 6 nitrogen and oxygen atoms in total. The Hall–Kier alpha value is -4.84. The number of methoxy groups -OCH3 is 1. The monoisotopic (exact) mass is 491 g/mol. The molecule has 0 heterocycles. The molecule has 0 bridgehead atoms. The van der Waals surface area contributed by atoms with Crippen LogP contribution in [0.5, 0.6) is 5.75 Å². The van der Waals surface area contributed by atoms with Crippen LogP contribution in [0, 0.1) is 0 Å². The number of nitrogens with one attached hydrogen (secondary N) is 3. The van der Waals surface area contributed by atoms with E-state index in [1.54, 1.807) is 19.2 Å². The Balaban J connectivity index is 1.74. The van der Waals surface area contributed by atoms with Crippen LogP contribution >= 0.6 is 0 Å². The Kier molecular flexibility index (Phi) is 8.01. The van der Waals surface area contributed by atoms with Gasteiger partial charge in [-0.05, 0) is 54.1 Å². The first-order chi connectivity index (χ1) is 18.0. The van der Waals surface area contributed by atoms with Crippen LogP contribution < -0.4 is 20.7 Å². The average molecular weight is 492 g/mol. The number of carbonyl (C=O) groups excluding carboxylic acids is 2. The van der Waals surface area contributed by atoms with Gasteiger partial charge in [-0.15, -0.1) is 0 Å². The first-order valence-corrected chi connectivity index (χ1v) is 11.9. The molecule has 2 amide bonds. The quantitative estimate of drug-likeness (QED) is 0.230. The number of hydrogen-bond donors (Lipinski definition) is 3. The van der Waals surface area contributed by atoms with Crippen molar-refractivity contribution in [1.29, 1.82) is 0 Å². The lowest BCUT2D eigenvalue weighted by Gasteiger charge is -2.35. The van der Waals surface area contributed by atoms with E-state index in [0.717, 1.165) is 0 Å². The molecule has 0 aromatic heterocycles. The van der Waals surface area contributed by atoms with Crippen LogP contribution in [-0.4, -0.2) is 18.9 Å². The minimum absolute atomic E-state index is 0.0143. The highest BCUT2D eigenvalue weighted by atomic mass is 16.5. The molecule has 1 atom stereocenters. The molecule has 0 saturated heterocycles. The minimum atomic E-state index is -1.35. The number of carbonyl (C=O) groups is 2. The second kappa shape index (κ2) is 11.7. The molecule has 0 spiro atoms. The largest absolute Gasteiger partial charge is 0.497 e. The van der Waals surface area contributed by atoms with Crippen molar-refractivity contribution in [3.05, 3.63) is 133 Å². The van der Waals surface area contributed by atoms with Crippen molar-refractivity contribution in [2.45, 2.75) is 12.0 Å². The fourth-order valence-electron chi connectivity index (χ4n) is 4.03. The molecular formula is C31H29N3O3. The number of benzene rings is 4. The Morgan fingerprint density at radius 3 is 1.76 bits per heavy atom. The number of para-hydroxylation sites is 2. The third kappa shape index (κ3) is 6.24. The SMILES string of the molecule is C=C(C[C@@](Nc1ccc(OC)cc1)(C(=O)Nc1ccccc1)c1ccccc1)C(=O)Nc1ccccc1. The molecule has 0 fully saturated rings. The van der Waals surface area contributed by atoms with Crippen LogP contribution in [0.25, 0.3) is 0 Å². The van der Waals surface area contributed by atoms with Gasteiger partial charge in [0, 0.05) is 29.1 Å². The fourth-order valence-corrected chi connectivity index (χ4v) is 4.03. The maximum Gasteiger partial charge on any atom is 0.255 e. The summed E-state index contributed by atoms with van der Waals surface area (Å²) < 4.78 is 5.29. The molecule has 3 N–H and O–H groups in total. The van der Waals surface area contributed by atoms with Gasteiger partial charge in [0.15, 0.2) is 0 Å². The van der Waals surface area contributed by atoms with E-state index >= 15 is 0 Å². The lowest BCUT2D eigenvalue weighted by atomic mass is 9.82. The summed E-state index contributed by atoms with van der Waals surface area (Å²) in [4.78, 5) is 27.3. The van der Waals surface area contributed by atoms with Crippen LogP contribution in [0.15, 0.2) is 127 Å². The standard InChI is InChI=1S/C31H29N3O3/c1-23(29(35)32-25-14-8-4-9-15-25)22-31(24-12-6-3-7-13-24,30(36)33-26-16-10-5-11-17-26)34-27-18-20-28(37-2)21-19-27/h3-21,34H,1,22H2,2H3,(H,32,35)(H,33,36)/t31-/m0/s1. The van der Waals surface area contributed by atoms with Crippen molar-refractivity contribution >= 4 is 28.9 Å². The second-order valence-electron chi connectivity index (χ2n) is 8.55. The van der Waals surface area contributed by atoms with E-state index < -0.39 is 5.54 Å². The third-order valence-corrected chi connectivity index (χ3v) is 5.96. The lowest BCUT2D eigenvalue weighted by Crippen LogP contribution is -2.48. The molecular weight excluding hydrogens is 462 g/mol. The zero-order valence-corrected chi connectivity index (χ0v) is 20.6. The molecule has 0 radical (unpaired) electrons. The van der Waals surface area contributed by atoms with Gasteiger partial charge in [0.25, 0.3) is 11.8 Å². The van der Waals surface area contributed by atoms with Gasteiger partial charge in [-0.2, -0.15) is 0 Å². The molecule has 0 aliphatic heterocycles. The lowest BCUT2D eigenvalue weighted by molar-refractivity contribution is -0.120. The summed E-state index contributed by atoms with van der Waals surface area (Å²) in [5, 5.41) is 9.31. The van der Waals surface area contributed by atoms with Gasteiger partial charge in [-0.1, -0.05) is 73.3 Å². The molecule has 0 saturated carbocycles. The predicted octanol–water partition coefficient (Wildman–Crippen LogP) is 6.23.